The second-order valence-corrected chi connectivity index (χ2v) is 6.08. The van der Waals surface area contributed by atoms with Crippen LogP contribution in [0.3, 0.4) is 0 Å². The average Bonchev–Trinajstić information content (AvgIpc) is 2.60. The number of likely N-dealkylation sites (N-methyl/N-ethyl adjacent to an activating group) is 1. The van der Waals surface area contributed by atoms with Crippen molar-refractivity contribution in [1.29, 1.82) is 0 Å². The topological polar surface area (TPSA) is 75.2 Å². The molecule has 0 aromatic carbocycles. The van der Waals surface area contributed by atoms with E-state index < -0.39 is 0 Å². The number of hydrogen-bond acceptors (Lipinski definition) is 5. The SMILES string of the molecule is CCNC(=NCCCCCCC(=O)OC)NCCN(C)CCCOC. The summed E-state index contributed by atoms with van der Waals surface area (Å²) in [6.07, 6.45) is 5.63. The van der Waals surface area contributed by atoms with Gasteiger partial charge in [0.05, 0.1) is 7.11 Å². The second kappa shape index (κ2) is 17.5. The fraction of sp³-hybridized carbons (Fsp3) is 0.889. The molecule has 0 heterocycles. The highest BCUT2D eigenvalue weighted by atomic mass is 16.5. The number of aliphatic imine (C=N–C) groups is 1. The molecule has 0 saturated carbocycles. The maximum absolute atomic E-state index is 11.0. The van der Waals surface area contributed by atoms with Gasteiger partial charge in [-0.3, -0.25) is 9.79 Å². The highest BCUT2D eigenvalue weighted by Crippen LogP contribution is 2.03. The van der Waals surface area contributed by atoms with Crippen molar-refractivity contribution in [2.24, 2.45) is 4.99 Å². The van der Waals surface area contributed by atoms with Crippen LogP contribution in [0.5, 0.6) is 0 Å². The van der Waals surface area contributed by atoms with Crippen LogP contribution in [-0.2, 0) is 14.3 Å². The van der Waals surface area contributed by atoms with E-state index in [1.807, 2.05) is 0 Å². The molecule has 0 atom stereocenters. The first-order chi connectivity index (χ1) is 12.1. The Kier molecular flexibility index (Phi) is 16.5. The van der Waals surface area contributed by atoms with Crippen LogP contribution in [0.2, 0.25) is 0 Å². The first kappa shape index (κ1) is 23.7. The van der Waals surface area contributed by atoms with Crippen molar-refractivity contribution in [2.45, 2.75) is 45.4 Å². The number of rotatable bonds is 15. The third-order valence-electron chi connectivity index (χ3n) is 3.81. The van der Waals surface area contributed by atoms with Gasteiger partial charge < -0.3 is 25.0 Å². The number of unbranched alkanes of at least 4 members (excludes halogenated alkanes) is 3. The number of carbonyl (C=O) groups is 1. The summed E-state index contributed by atoms with van der Waals surface area (Å²) >= 11 is 0. The lowest BCUT2D eigenvalue weighted by Crippen LogP contribution is -2.41. The molecule has 0 fully saturated rings. The summed E-state index contributed by atoms with van der Waals surface area (Å²) in [6, 6.07) is 0. The van der Waals surface area contributed by atoms with Crippen molar-refractivity contribution in [3.05, 3.63) is 0 Å². The molecule has 0 aromatic heterocycles. The van der Waals surface area contributed by atoms with Gasteiger partial charge in [0.2, 0.25) is 0 Å². The first-order valence-electron chi connectivity index (χ1n) is 9.40. The fourth-order valence-electron chi connectivity index (χ4n) is 2.33. The summed E-state index contributed by atoms with van der Waals surface area (Å²) in [7, 11) is 5.29. The number of guanidine groups is 1. The molecule has 0 radical (unpaired) electrons. The van der Waals surface area contributed by atoms with E-state index in [9.17, 15) is 4.79 Å². The van der Waals surface area contributed by atoms with Crippen molar-refractivity contribution in [3.63, 3.8) is 0 Å². The average molecular weight is 359 g/mol. The monoisotopic (exact) mass is 358 g/mol. The van der Waals surface area contributed by atoms with Gasteiger partial charge in [0, 0.05) is 52.9 Å². The van der Waals surface area contributed by atoms with Gasteiger partial charge in [-0.25, -0.2) is 0 Å². The number of methoxy groups -OCH3 is 2. The van der Waals surface area contributed by atoms with Crippen LogP contribution < -0.4 is 10.6 Å². The van der Waals surface area contributed by atoms with Gasteiger partial charge in [0.25, 0.3) is 0 Å². The fourth-order valence-corrected chi connectivity index (χ4v) is 2.33. The summed E-state index contributed by atoms with van der Waals surface area (Å²) in [5, 5.41) is 6.64. The van der Waals surface area contributed by atoms with E-state index in [-0.39, 0.29) is 5.97 Å². The molecule has 0 aliphatic heterocycles. The molecule has 25 heavy (non-hydrogen) atoms. The van der Waals surface area contributed by atoms with E-state index in [2.05, 4.69) is 39.2 Å². The third-order valence-corrected chi connectivity index (χ3v) is 3.81. The summed E-state index contributed by atoms with van der Waals surface area (Å²) < 4.78 is 9.70. The Bertz CT molecular complexity index is 351. The standard InChI is InChI=1S/C18H38N4O3/c1-5-19-18(21-13-15-22(2)14-10-16-24-3)20-12-9-7-6-8-11-17(23)25-4/h5-16H2,1-4H3,(H2,19,20,21). The Morgan fingerprint density at radius 2 is 1.80 bits per heavy atom. The predicted octanol–water partition coefficient (Wildman–Crippen LogP) is 1.63. The van der Waals surface area contributed by atoms with Crippen LogP contribution in [0, 0.1) is 0 Å². The normalized spacial score (nSPS) is 11.6. The van der Waals surface area contributed by atoms with E-state index >= 15 is 0 Å². The Hall–Kier alpha value is -1.34. The van der Waals surface area contributed by atoms with E-state index in [1.165, 1.54) is 7.11 Å². The summed E-state index contributed by atoms with van der Waals surface area (Å²) in [5.74, 6) is 0.756. The van der Waals surface area contributed by atoms with Gasteiger partial charge >= 0.3 is 5.97 Å². The molecule has 0 bridgehead atoms. The van der Waals surface area contributed by atoms with E-state index in [0.717, 1.165) is 77.4 Å². The largest absolute Gasteiger partial charge is 0.469 e. The minimum absolute atomic E-state index is 0.121. The predicted molar refractivity (Wildman–Crippen MR) is 103 cm³/mol. The van der Waals surface area contributed by atoms with Crippen LogP contribution >= 0.6 is 0 Å². The van der Waals surface area contributed by atoms with Crippen molar-refractivity contribution >= 4 is 11.9 Å². The molecule has 7 heteroatoms. The lowest BCUT2D eigenvalue weighted by atomic mass is 10.1. The molecule has 0 aromatic rings. The van der Waals surface area contributed by atoms with Gasteiger partial charge in [-0.05, 0) is 33.2 Å². The molecule has 0 aliphatic rings. The van der Waals surface area contributed by atoms with Crippen LogP contribution in [0.15, 0.2) is 4.99 Å². The van der Waals surface area contributed by atoms with E-state index in [0.29, 0.717) is 6.42 Å². The van der Waals surface area contributed by atoms with Gasteiger partial charge in [-0.1, -0.05) is 12.8 Å². The Morgan fingerprint density at radius 1 is 1.04 bits per heavy atom. The van der Waals surface area contributed by atoms with E-state index in [1.54, 1.807) is 7.11 Å². The lowest BCUT2D eigenvalue weighted by Gasteiger charge is -2.18. The molecule has 0 saturated heterocycles. The van der Waals surface area contributed by atoms with Gasteiger partial charge in [0.15, 0.2) is 5.96 Å². The highest BCUT2D eigenvalue weighted by Gasteiger charge is 2.01. The molecule has 0 aliphatic carbocycles. The summed E-state index contributed by atoms with van der Waals surface area (Å²) in [6.45, 7) is 7.42. The number of hydrogen-bond donors (Lipinski definition) is 2. The third kappa shape index (κ3) is 15.9. The van der Waals surface area contributed by atoms with Crippen molar-refractivity contribution in [2.75, 3.05) is 60.6 Å². The van der Waals surface area contributed by atoms with Crippen molar-refractivity contribution in [1.82, 2.24) is 15.5 Å². The molecule has 2 N–H and O–H groups in total. The van der Waals surface area contributed by atoms with Crippen LogP contribution in [-0.4, -0.2) is 77.4 Å². The number of nitrogens with zero attached hydrogens (tertiary/aromatic N) is 2. The number of nitrogens with one attached hydrogen (secondary N) is 2. The lowest BCUT2D eigenvalue weighted by molar-refractivity contribution is -0.140. The van der Waals surface area contributed by atoms with Crippen molar-refractivity contribution < 1.29 is 14.3 Å². The Labute approximate surface area is 153 Å². The Morgan fingerprint density at radius 3 is 2.48 bits per heavy atom. The van der Waals surface area contributed by atoms with Crippen LogP contribution in [0.1, 0.15) is 45.4 Å². The minimum atomic E-state index is -0.121. The molecule has 7 nitrogen and oxygen atoms in total. The smallest absolute Gasteiger partial charge is 0.305 e. The minimum Gasteiger partial charge on any atom is -0.469 e. The highest BCUT2D eigenvalue weighted by molar-refractivity contribution is 5.79. The molecular formula is C18H38N4O3. The molecule has 148 valence electrons. The number of ether oxygens (including phenoxy) is 2. The first-order valence-corrected chi connectivity index (χ1v) is 9.40. The second-order valence-electron chi connectivity index (χ2n) is 6.08. The molecule has 0 amide bonds. The van der Waals surface area contributed by atoms with Crippen LogP contribution in [0.25, 0.3) is 0 Å². The maximum atomic E-state index is 11.0. The van der Waals surface area contributed by atoms with Gasteiger partial charge in [-0.15, -0.1) is 0 Å². The zero-order valence-electron chi connectivity index (χ0n) is 16.6. The zero-order valence-corrected chi connectivity index (χ0v) is 16.6. The van der Waals surface area contributed by atoms with Gasteiger partial charge in [-0.2, -0.15) is 0 Å². The van der Waals surface area contributed by atoms with Crippen molar-refractivity contribution in [3.8, 4) is 0 Å². The Balaban J connectivity index is 3.80. The number of esters is 1. The maximum Gasteiger partial charge on any atom is 0.305 e. The molecular weight excluding hydrogens is 320 g/mol. The molecule has 0 unspecified atom stereocenters. The number of carbonyl (C=O) groups excluding carboxylic acids is 1. The summed E-state index contributed by atoms with van der Waals surface area (Å²) in [5.41, 5.74) is 0. The van der Waals surface area contributed by atoms with Gasteiger partial charge in [0.1, 0.15) is 0 Å². The summed E-state index contributed by atoms with van der Waals surface area (Å²) in [4.78, 5) is 17.9. The molecule has 0 spiro atoms. The zero-order chi connectivity index (χ0) is 18.8. The van der Waals surface area contributed by atoms with Crippen LogP contribution in [0.4, 0.5) is 0 Å². The van der Waals surface area contributed by atoms with E-state index in [4.69, 9.17) is 4.74 Å². The quantitative estimate of drug-likeness (QED) is 0.201. The molecule has 0 rings (SSSR count).